The van der Waals surface area contributed by atoms with Crippen LogP contribution >= 0.6 is 57.1 Å². The molecule has 0 bridgehead atoms. The average molecular weight is 1130 g/mol. The molecule has 0 N–H and O–H groups in total. The molecule has 6 rings (SSSR count). The van der Waals surface area contributed by atoms with Crippen molar-refractivity contribution in [1.82, 2.24) is 0 Å². The molecule has 20 heteroatoms. The van der Waals surface area contributed by atoms with Crippen LogP contribution in [0.1, 0.15) is 67.5 Å². The minimum absolute atomic E-state index is 0. The van der Waals surface area contributed by atoms with Gasteiger partial charge in [0.05, 0.1) is 106 Å². The first-order valence-corrected chi connectivity index (χ1v) is 29.0. The van der Waals surface area contributed by atoms with Crippen molar-refractivity contribution in [3.8, 4) is 40.8 Å². The normalized spacial score (nSPS) is 13.5. The molecule has 0 spiro atoms. The fourth-order valence-electron chi connectivity index (χ4n) is 7.01. The van der Waals surface area contributed by atoms with E-state index in [1.165, 1.54) is 89.1 Å². The molecule has 12 nitrogen and oxygen atoms in total. The Morgan fingerprint density at radius 1 is 0.522 bits per heavy atom. The number of hydrogen-bond acceptors (Lipinski definition) is 17. The predicted octanol–water partition coefficient (Wildman–Crippen LogP) is 8.75. The summed E-state index contributed by atoms with van der Waals surface area (Å²) in [6.07, 6.45) is 12.8. The van der Waals surface area contributed by atoms with E-state index in [0.29, 0.717) is 105 Å². The quantitative estimate of drug-likeness (QED) is 0.0191. The first kappa shape index (κ1) is 66.9. The van der Waals surface area contributed by atoms with Gasteiger partial charge < -0.3 is 62.0 Å². The van der Waals surface area contributed by atoms with E-state index in [0.717, 1.165) is 43.5 Å². The van der Waals surface area contributed by atoms with Crippen molar-refractivity contribution in [1.29, 1.82) is 0 Å². The third kappa shape index (κ3) is 28.4. The van der Waals surface area contributed by atoms with Gasteiger partial charge in [-0.1, -0.05) is 44.9 Å². The zero-order chi connectivity index (χ0) is 45.8. The molecule has 388 valence electrons. The molecule has 2 fully saturated rings. The summed E-state index contributed by atoms with van der Waals surface area (Å²) in [4.78, 5) is 9.34. The number of ether oxygens (including phenoxy) is 9. The predicted molar refractivity (Wildman–Crippen MR) is 280 cm³/mol. The molecule has 0 amide bonds. The fraction of sp³-hybridized carbons (Fsp3) is 0.633. The van der Waals surface area contributed by atoms with Crippen LogP contribution in [-0.2, 0) is 60.3 Å². The van der Waals surface area contributed by atoms with Gasteiger partial charge in [-0.25, -0.2) is 8.42 Å². The third-order valence-corrected chi connectivity index (χ3v) is 17.0. The van der Waals surface area contributed by atoms with Crippen LogP contribution in [0.4, 0.5) is 0 Å². The SMILES string of the molecule is C1CCCC1.Cc1ccc(-c2sc(-c3ccc(-c4sc(C)cc4OCCOCCOCCOCCSCCS(=O)(=O)[O-])s3)cc2OCCOCCOCCOCCOCC2CCCC2)s1.[CH3-].[CH3-].[Fe+2].[Na+]. The molecule has 0 atom stereocenters. The first-order valence-electron chi connectivity index (χ1n) is 23.0. The summed E-state index contributed by atoms with van der Waals surface area (Å²) in [6, 6.07) is 12.9. The Morgan fingerprint density at radius 2 is 0.971 bits per heavy atom. The van der Waals surface area contributed by atoms with Crippen molar-refractivity contribution < 1.29 is 102 Å². The largest absolute Gasteiger partial charge is 2.00 e. The third-order valence-electron chi connectivity index (χ3n) is 10.3. The Balaban J connectivity index is 0.00000248. The van der Waals surface area contributed by atoms with Crippen molar-refractivity contribution in [2.75, 3.05) is 123 Å². The topological polar surface area (TPSA) is 140 Å². The van der Waals surface area contributed by atoms with Crippen molar-refractivity contribution in [3.05, 3.63) is 61.0 Å². The van der Waals surface area contributed by atoms with Gasteiger partial charge in [0.1, 0.15) is 24.7 Å². The smallest absolute Gasteiger partial charge is 0.748 e. The molecule has 0 saturated heterocycles. The maximum Gasteiger partial charge on any atom is 2.00 e. The van der Waals surface area contributed by atoms with Crippen LogP contribution in [0, 0.1) is 34.6 Å². The number of aryl methyl sites for hydroxylation is 2. The molecular weight excluding hydrogens is 1050 g/mol. The van der Waals surface area contributed by atoms with Gasteiger partial charge in [0.15, 0.2) is 0 Å². The maximum absolute atomic E-state index is 10.6. The average Bonchev–Trinajstić information content (AvgIpc) is 4.15. The number of hydrogen-bond donors (Lipinski definition) is 0. The standard InChI is InChI=1S/C42H60O12S6.C5H10.2CH3.Fe.Na/c1-32-7-8-38(56-32)42-36(54-24-22-50-15-13-46-11-12-48-19-20-52-31-34-5-3-4-6-34)30-40(59-42)37-9-10-39(58-37)41-35(29-33(2)57-41)53-23-21-49-16-14-47-17-18-51-25-26-55-27-28-60(43,44)45;1-2-4-5-3-1;;;;/h7-10,29-30,34H,3-6,11-28,31H2,1-2H3,(H,43,44,45);1-5H2;2*1H3;;/q;;2*-1;+2;+1/p-1. The van der Waals surface area contributed by atoms with E-state index in [9.17, 15) is 13.0 Å². The van der Waals surface area contributed by atoms with Gasteiger partial charge in [-0.2, -0.15) is 11.8 Å². The van der Waals surface area contributed by atoms with E-state index in [1.54, 1.807) is 45.3 Å². The van der Waals surface area contributed by atoms with Crippen molar-refractivity contribution in [2.45, 2.75) is 71.6 Å². The van der Waals surface area contributed by atoms with Crippen LogP contribution in [0.5, 0.6) is 11.5 Å². The summed E-state index contributed by atoms with van der Waals surface area (Å²) in [5.41, 5.74) is 0. The maximum atomic E-state index is 10.6. The van der Waals surface area contributed by atoms with Gasteiger partial charge in [-0.15, -0.1) is 45.3 Å². The molecule has 0 aromatic carbocycles. The van der Waals surface area contributed by atoms with E-state index >= 15 is 0 Å². The van der Waals surface area contributed by atoms with E-state index in [2.05, 4.69) is 50.2 Å². The Hall–Kier alpha value is -0.101. The Bertz CT molecular complexity index is 1960. The molecule has 4 heterocycles. The van der Waals surface area contributed by atoms with E-state index in [-0.39, 0.29) is 73.0 Å². The van der Waals surface area contributed by atoms with Gasteiger partial charge in [-0.05, 0) is 62.9 Å². The molecule has 4 aromatic rings. The second kappa shape index (κ2) is 40.2. The molecule has 4 aromatic heterocycles. The Morgan fingerprint density at radius 3 is 1.49 bits per heavy atom. The van der Waals surface area contributed by atoms with Crippen LogP contribution in [0.2, 0.25) is 0 Å². The van der Waals surface area contributed by atoms with Gasteiger partial charge in [0.2, 0.25) is 0 Å². The molecule has 2 aliphatic carbocycles. The number of rotatable bonds is 34. The van der Waals surface area contributed by atoms with Gasteiger partial charge in [-0.3, -0.25) is 0 Å². The number of thiophene rings is 4. The minimum Gasteiger partial charge on any atom is -0.748 e. The van der Waals surface area contributed by atoms with Crippen LogP contribution in [-0.4, -0.2) is 136 Å². The molecule has 0 aliphatic heterocycles. The van der Waals surface area contributed by atoms with Crippen LogP contribution in [0.25, 0.3) is 29.3 Å². The summed E-state index contributed by atoms with van der Waals surface area (Å²) < 4.78 is 83.9. The summed E-state index contributed by atoms with van der Waals surface area (Å²) in [5.74, 6) is 3.02. The molecule has 69 heavy (non-hydrogen) atoms. The first-order chi connectivity index (χ1) is 31.7. The summed E-state index contributed by atoms with van der Waals surface area (Å²) in [6.45, 7) is 12.4. The number of thioether (sulfide) groups is 1. The molecule has 2 aliphatic rings. The molecule has 0 radical (unpaired) electrons. The van der Waals surface area contributed by atoms with E-state index in [4.69, 9.17) is 42.6 Å². The summed E-state index contributed by atoms with van der Waals surface area (Å²) in [7, 11) is -4.15. The molecule has 2 saturated carbocycles. The van der Waals surface area contributed by atoms with Crippen molar-refractivity contribution >= 4 is 67.2 Å². The minimum atomic E-state index is -4.15. The van der Waals surface area contributed by atoms with Gasteiger partial charge >= 0.3 is 46.6 Å². The van der Waals surface area contributed by atoms with E-state index < -0.39 is 10.1 Å². The molecular formula is C49H75FeNaO12S6. The Labute approximate surface area is 467 Å². The van der Waals surface area contributed by atoms with E-state index in [1.807, 2.05) is 0 Å². The van der Waals surface area contributed by atoms with Gasteiger partial charge in [0, 0.05) is 59.2 Å². The van der Waals surface area contributed by atoms with Crippen LogP contribution in [0.15, 0.2) is 36.4 Å². The fourth-order valence-corrected chi connectivity index (χ4v) is 13.0. The van der Waals surface area contributed by atoms with Crippen molar-refractivity contribution in [3.63, 3.8) is 0 Å². The van der Waals surface area contributed by atoms with Crippen LogP contribution < -0.4 is 39.0 Å². The van der Waals surface area contributed by atoms with Gasteiger partial charge in [0.25, 0.3) is 0 Å². The second-order valence-electron chi connectivity index (χ2n) is 15.7. The van der Waals surface area contributed by atoms with Crippen LogP contribution in [0.3, 0.4) is 0 Å². The summed E-state index contributed by atoms with van der Waals surface area (Å²) >= 11 is 8.37. The molecule has 0 unspecified atom stereocenters. The monoisotopic (exact) mass is 1130 g/mol. The summed E-state index contributed by atoms with van der Waals surface area (Å²) in [5, 5.41) is 0. The Kier molecular flexibility index (Phi) is 39.0. The van der Waals surface area contributed by atoms with Crippen molar-refractivity contribution in [2.24, 2.45) is 5.92 Å². The zero-order valence-corrected chi connectivity index (χ0v) is 49.5. The second-order valence-corrected chi connectivity index (χ2v) is 23.1. The zero-order valence-electron chi connectivity index (χ0n) is 41.5.